The zero-order valence-electron chi connectivity index (χ0n) is 14.8. The summed E-state index contributed by atoms with van der Waals surface area (Å²) < 4.78 is 0. The first-order chi connectivity index (χ1) is 11.0. The molecule has 0 aliphatic carbocycles. The Morgan fingerprint density at radius 2 is 1.83 bits per heavy atom. The number of hydrogen-bond acceptors (Lipinski definition) is 5. The van der Waals surface area contributed by atoms with Crippen LogP contribution in [0.5, 0.6) is 0 Å². The molecule has 0 unspecified atom stereocenters. The number of rotatable bonds is 11. The average molecular weight is 349 g/mol. The van der Waals surface area contributed by atoms with Crippen LogP contribution in [0.25, 0.3) is 0 Å². The molecule has 1 heterocycles. The van der Waals surface area contributed by atoms with Gasteiger partial charge in [0.2, 0.25) is 0 Å². The fourth-order valence-corrected chi connectivity index (χ4v) is 1.94. The minimum atomic E-state index is -1.26. The van der Waals surface area contributed by atoms with Crippen molar-refractivity contribution in [2.24, 2.45) is 5.73 Å². The van der Waals surface area contributed by atoms with E-state index >= 15 is 0 Å². The van der Waals surface area contributed by atoms with Crippen LogP contribution in [-0.2, 0) is 16.0 Å². The van der Waals surface area contributed by atoms with Crippen LogP contribution in [-0.4, -0.2) is 33.1 Å². The molecule has 0 aliphatic rings. The summed E-state index contributed by atoms with van der Waals surface area (Å²) >= 11 is 0. The molecule has 24 heavy (non-hydrogen) atoms. The second-order valence-electron chi connectivity index (χ2n) is 5.46. The summed E-state index contributed by atoms with van der Waals surface area (Å²) in [5.74, 6) is -1.92. The van der Waals surface area contributed by atoms with Crippen molar-refractivity contribution in [3.8, 4) is 0 Å². The number of nitrogens with one attached hydrogen (secondary N) is 1. The van der Waals surface area contributed by atoms with E-state index in [4.69, 9.17) is 10.8 Å². The Kier molecular flexibility index (Phi) is 17.9. The molecule has 0 spiro atoms. The van der Waals surface area contributed by atoms with E-state index in [1.165, 1.54) is 38.4 Å². The van der Waals surface area contributed by atoms with Crippen molar-refractivity contribution in [3.05, 3.63) is 18.2 Å². The molecule has 0 saturated carbocycles. The Morgan fingerprint density at radius 3 is 2.29 bits per heavy atom. The second kappa shape index (κ2) is 17.0. The number of nitrogens with two attached hydrogens (primary N) is 1. The van der Waals surface area contributed by atoms with Gasteiger partial charge in [0.05, 0.1) is 18.0 Å². The molecule has 0 fully saturated rings. The molecule has 1 aromatic heterocycles. The molecular formula is C16H28N3NaO4. The first-order valence-corrected chi connectivity index (χ1v) is 8.13. The van der Waals surface area contributed by atoms with Gasteiger partial charge in [-0.25, -0.2) is 4.98 Å². The SMILES string of the molecule is CCCCCCCCCC(=O)O.N[C@@H](Cc1c[nH]cn1)C(=O)[O-].[Na+]. The van der Waals surface area contributed by atoms with Gasteiger partial charge in [0, 0.05) is 25.1 Å². The summed E-state index contributed by atoms with van der Waals surface area (Å²) in [7, 11) is 0. The maximum Gasteiger partial charge on any atom is 1.00 e. The molecule has 0 saturated heterocycles. The minimum Gasteiger partial charge on any atom is -0.548 e. The fraction of sp³-hybridized carbons (Fsp3) is 0.688. The van der Waals surface area contributed by atoms with Crippen LogP contribution < -0.4 is 40.4 Å². The predicted molar refractivity (Wildman–Crippen MR) is 85.5 cm³/mol. The third-order valence-corrected chi connectivity index (χ3v) is 3.28. The standard InChI is InChI=1S/C10H20O2.C6H9N3O2.Na/c1-2-3-4-5-6-7-8-9-10(11)12;7-5(6(10)11)1-4-2-8-3-9-4;/h2-9H2,1H3,(H,11,12);2-3,5H,1,7H2,(H,8,9)(H,10,11);/q;;+1/p-1/t;5-;/m.0./s1. The predicted octanol–water partition coefficient (Wildman–Crippen LogP) is -1.75. The van der Waals surface area contributed by atoms with Gasteiger partial charge < -0.3 is 25.7 Å². The fourth-order valence-electron chi connectivity index (χ4n) is 1.94. The molecular weight excluding hydrogens is 321 g/mol. The summed E-state index contributed by atoms with van der Waals surface area (Å²) in [6, 6.07) is -0.974. The first-order valence-electron chi connectivity index (χ1n) is 8.13. The van der Waals surface area contributed by atoms with Crippen molar-refractivity contribution < 1.29 is 49.4 Å². The zero-order chi connectivity index (χ0) is 17.5. The third-order valence-electron chi connectivity index (χ3n) is 3.28. The number of aliphatic carboxylic acids is 2. The molecule has 1 atom stereocenters. The number of aromatic nitrogens is 2. The molecule has 0 radical (unpaired) electrons. The number of carbonyl (C=O) groups is 2. The van der Waals surface area contributed by atoms with E-state index in [1.54, 1.807) is 6.20 Å². The van der Waals surface area contributed by atoms with Gasteiger partial charge in [0.1, 0.15) is 0 Å². The number of hydrogen-bond donors (Lipinski definition) is 3. The number of carbonyl (C=O) groups excluding carboxylic acids is 1. The van der Waals surface area contributed by atoms with Gasteiger partial charge in [-0.3, -0.25) is 4.79 Å². The summed E-state index contributed by atoms with van der Waals surface area (Å²) in [5.41, 5.74) is 5.82. The number of imidazole rings is 1. The van der Waals surface area contributed by atoms with Crippen molar-refractivity contribution in [1.29, 1.82) is 0 Å². The Bertz CT molecular complexity index is 427. The molecule has 1 rings (SSSR count). The second-order valence-corrected chi connectivity index (χ2v) is 5.46. The number of carboxylic acid groups (broad SMARTS) is 2. The van der Waals surface area contributed by atoms with Crippen LogP contribution >= 0.6 is 0 Å². The number of nitrogens with zero attached hydrogens (tertiary/aromatic N) is 1. The van der Waals surface area contributed by atoms with Crippen LogP contribution in [0.1, 0.15) is 64.0 Å². The molecule has 132 valence electrons. The van der Waals surface area contributed by atoms with E-state index in [-0.39, 0.29) is 36.0 Å². The van der Waals surface area contributed by atoms with Crippen LogP contribution in [0.15, 0.2) is 12.5 Å². The Morgan fingerprint density at radius 1 is 1.25 bits per heavy atom. The maximum absolute atomic E-state index is 10.2. The quantitative estimate of drug-likeness (QED) is 0.320. The van der Waals surface area contributed by atoms with Crippen molar-refractivity contribution in [1.82, 2.24) is 9.97 Å². The molecule has 0 bridgehead atoms. The van der Waals surface area contributed by atoms with E-state index < -0.39 is 18.0 Å². The monoisotopic (exact) mass is 349 g/mol. The number of carboxylic acids is 2. The minimum absolute atomic E-state index is 0. The van der Waals surface area contributed by atoms with E-state index in [0.29, 0.717) is 12.1 Å². The van der Waals surface area contributed by atoms with Gasteiger partial charge in [-0.15, -0.1) is 0 Å². The van der Waals surface area contributed by atoms with Crippen LogP contribution in [0.3, 0.4) is 0 Å². The molecule has 4 N–H and O–H groups in total. The Hall–Kier alpha value is -0.890. The number of unbranched alkanes of at least 4 members (excludes halogenated alkanes) is 6. The van der Waals surface area contributed by atoms with Gasteiger partial charge in [-0.05, 0) is 6.42 Å². The van der Waals surface area contributed by atoms with Gasteiger partial charge in [-0.2, -0.15) is 0 Å². The smallest absolute Gasteiger partial charge is 0.548 e. The van der Waals surface area contributed by atoms with Gasteiger partial charge >= 0.3 is 35.5 Å². The third kappa shape index (κ3) is 16.0. The average Bonchev–Trinajstić information content (AvgIpc) is 2.99. The van der Waals surface area contributed by atoms with Crippen molar-refractivity contribution in [2.75, 3.05) is 0 Å². The van der Waals surface area contributed by atoms with E-state index in [1.807, 2.05) is 0 Å². The van der Waals surface area contributed by atoms with Gasteiger partial charge in [0.15, 0.2) is 0 Å². The molecule has 0 aromatic carbocycles. The number of aromatic amines is 1. The van der Waals surface area contributed by atoms with Crippen molar-refractivity contribution in [2.45, 2.75) is 70.8 Å². The van der Waals surface area contributed by atoms with E-state index in [0.717, 1.165) is 12.8 Å². The van der Waals surface area contributed by atoms with Gasteiger partial charge in [-0.1, -0.05) is 45.4 Å². The largest absolute Gasteiger partial charge is 1.00 e. The molecule has 8 heteroatoms. The van der Waals surface area contributed by atoms with Crippen LogP contribution in [0.2, 0.25) is 0 Å². The number of H-pyrrole nitrogens is 1. The summed E-state index contributed by atoms with van der Waals surface area (Å²) in [5, 5.41) is 18.5. The van der Waals surface area contributed by atoms with Crippen LogP contribution in [0, 0.1) is 0 Å². The topological polar surface area (TPSA) is 132 Å². The first kappa shape index (κ1) is 25.4. The zero-order valence-corrected chi connectivity index (χ0v) is 16.8. The van der Waals surface area contributed by atoms with Crippen molar-refractivity contribution >= 4 is 11.9 Å². The summed E-state index contributed by atoms with van der Waals surface area (Å²) in [6.07, 6.45) is 11.9. The molecule has 1 aromatic rings. The molecule has 7 nitrogen and oxygen atoms in total. The summed E-state index contributed by atoms with van der Waals surface area (Å²) in [6.45, 7) is 2.20. The Labute approximate surface area is 165 Å². The van der Waals surface area contributed by atoms with Crippen molar-refractivity contribution in [3.63, 3.8) is 0 Å². The Balaban J connectivity index is 0. The summed E-state index contributed by atoms with van der Waals surface area (Å²) in [4.78, 5) is 26.8. The van der Waals surface area contributed by atoms with Crippen LogP contribution in [0.4, 0.5) is 0 Å². The molecule has 0 aliphatic heterocycles. The molecule has 0 amide bonds. The van der Waals surface area contributed by atoms with Gasteiger partial charge in [0.25, 0.3) is 0 Å². The maximum atomic E-state index is 10.2. The normalized spacial score (nSPS) is 10.9. The van der Waals surface area contributed by atoms with E-state index in [9.17, 15) is 14.7 Å². The van der Waals surface area contributed by atoms with E-state index in [2.05, 4.69) is 16.9 Å².